The summed E-state index contributed by atoms with van der Waals surface area (Å²) in [4.78, 5) is 0. The first-order chi connectivity index (χ1) is 10.3. The first-order valence-corrected chi connectivity index (χ1v) is 8.98. The van der Waals surface area contributed by atoms with E-state index in [0.29, 0.717) is 23.2 Å². The molecular weight excluding hydrogens is 272 g/mol. The molecule has 0 amide bonds. The second-order valence-corrected chi connectivity index (χ2v) is 8.61. The summed E-state index contributed by atoms with van der Waals surface area (Å²) in [5, 5.41) is 20.1. The van der Waals surface area contributed by atoms with Crippen molar-refractivity contribution < 1.29 is 10.2 Å². The molecule has 3 aliphatic carbocycles. The minimum atomic E-state index is -0.504. The van der Waals surface area contributed by atoms with E-state index >= 15 is 0 Å². The second kappa shape index (κ2) is 5.49. The van der Waals surface area contributed by atoms with Crippen LogP contribution in [-0.4, -0.2) is 22.4 Å². The SMILES string of the molecule is C=C1CCC2C(C3C1CCC3(C)O)C2(C)CCC=C(C)CO. The van der Waals surface area contributed by atoms with Crippen molar-refractivity contribution in [1.29, 1.82) is 0 Å². The van der Waals surface area contributed by atoms with Gasteiger partial charge in [0.1, 0.15) is 0 Å². The van der Waals surface area contributed by atoms with Gasteiger partial charge in [-0.2, -0.15) is 0 Å². The summed E-state index contributed by atoms with van der Waals surface area (Å²) >= 11 is 0. The lowest BCUT2D eigenvalue weighted by Gasteiger charge is -2.32. The van der Waals surface area contributed by atoms with E-state index in [9.17, 15) is 5.11 Å². The van der Waals surface area contributed by atoms with Crippen molar-refractivity contribution in [1.82, 2.24) is 0 Å². The molecule has 0 saturated heterocycles. The van der Waals surface area contributed by atoms with E-state index in [1.54, 1.807) is 0 Å². The summed E-state index contributed by atoms with van der Waals surface area (Å²) in [7, 11) is 0. The molecule has 124 valence electrons. The highest BCUT2D eigenvalue weighted by Gasteiger charge is 2.68. The molecule has 0 aromatic rings. The highest BCUT2D eigenvalue weighted by atomic mass is 16.3. The van der Waals surface area contributed by atoms with Gasteiger partial charge in [-0.15, -0.1) is 0 Å². The Balaban J connectivity index is 1.76. The summed E-state index contributed by atoms with van der Waals surface area (Å²) in [5.41, 5.74) is 2.34. The molecule has 0 aromatic carbocycles. The maximum Gasteiger partial charge on any atom is 0.0656 e. The third-order valence-electron chi connectivity index (χ3n) is 7.16. The van der Waals surface area contributed by atoms with Gasteiger partial charge < -0.3 is 10.2 Å². The van der Waals surface area contributed by atoms with Gasteiger partial charge >= 0.3 is 0 Å². The largest absolute Gasteiger partial charge is 0.392 e. The van der Waals surface area contributed by atoms with Crippen molar-refractivity contribution in [2.75, 3.05) is 6.61 Å². The van der Waals surface area contributed by atoms with Gasteiger partial charge in [-0.1, -0.05) is 30.7 Å². The van der Waals surface area contributed by atoms with E-state index in [4.69, 9.17) is 5.11 Å². The van der Waals surface area contributed by atoms with Crippen LogP contribution < -0.4 is 0 Å². The zero-order chi connectivity index (χ0) is 16.1. The number of fused-ring (bicyclic) bond motifs is 3. The first kappa shape index (κ1) is 16.3. The van der Waals surface area contributed by atoms with Crippen LogP contribution in [0.1, 0.15) is 59.3 Å². The van der Waals surface area contributed by atoms with Crippen LogP contribution in [0.3, 0.4) is 0 Å². The molecule has 3 fully saturated rings. The monoisotopic (exact) mass is 304 g/mol. The molecule has 22 heavy (non-hydrogen) atoms. The van der Waals surface area contributed by atoms with Crippen LogP contribution in [0.15, 0.2) is 23.8 Å². The zero-order valence-electron chi connectivity index (χ0n) is 14.4. The van der Waals surface area contributed by atoms with E-state index < -0.39 is 5.60 Å². The lowest BCUT2D eigenvalue weighted by atomic mass is 9.76. The average Bonchev–Trinajstić information content (AvgIpc) is 2.95. The van der Waals surface area contributed by atoms with Crippen LogP contribution in [-0.2, 0) is 0 Å². The molecule has 3 saturated carbocycles. The molecule has 0 radical (unpaired) electrons. The van der Waals surface area contributed by atoms with Crippen molar-refractivity contribution in [3.05, 3.63) is 23.8 Å². The molecular formula is C20H32O2. The van der Waals surface area contributed by atoms with Crippen molar-refractivity contribution in [2.45, 2.75) is 64.9 Å². The van der Waals surface area contributed by atoms with Crippen LogP contribution >= 0.6 is 0 Å². The van der Waals surface area contributed by atoms with Crippen molar-refractivity contribution in [2.24, 2.45) is 29.1 Å². The second-order valence-electron chi connectivity index (χ2n) is 8.61. The Morgan fingerprint density at radius 3 is 2.73 bits per heavy atom. The standard InChI is InChI=1S/C20H32O2/c1-13(12-21)6-5-10-19(3)16-8-7-14(2)15-9-11-20(4,22)17(15)18(16)19/h6,15-18,21-22H,2,5,7-12H2,1,3-4H3. The van der Waals surface area contributed by atoms with Gasteiger partial charge in [0, 0.05) is 0 Å². The number of allylic oxidation sites excluding steroid dienone is 2. The molecule has 3 rings (SSSR count). The molecule has 6 unspecified atom stereocenters. The van der Waals surface area contributed by atoms with E-state index in [1.165, 1.54) is 18.4 Å². The van der Waals surface area contributed by atoms with Crippen LogP contribution in [0.4, 0.5) is 0 Å². The third kappa shape index (κ3) is 2.49. The maximum atomic E-state index is 10.9. The normalized spacial score (nSPS) is 47.9. The highest BCUT2D eigenvalue weighted by molar-refractivity contribution is 5.24. The van der Waals surface area contributed by atoms with Gasteiger partial charge in [0.2, 0.25) is 0 Å². The molecule has 3 aliphatic rings. The lowest BCUT2D eigenvalue weighted by Crippen LogP contribution is -2.35. The highest BCUT2D eigenvalue weighted by Crippen LogP contribution is 2.73. The fraction of sp³-hybridized carbons (Fsp3) is 0.800. The third-order valence-corrected chi connectivity index (χ3v) is 7.16. The maximum absolute atomic E-state index is 10.9. The number of rotatable bonds is 4. The first-order valence-electron chi connectivity index (χ1n) is 8.98. The van der Waals surface area contributed by atoms with Gasteiger partial charge in [-0.05, 0) is 81.5 Å². The Morgan fingerprint density at radius 2 is 2.05 bits per heavy atom. The zero-order valence-corrected chi connectivity index (χ0v) is 14.4. The Hall–Kier alpha value is -0.600. The number of aliphatic hydroxyl groups is 2. The Morgan fingerprint density at radius 1 is 1.32 bits per heavy atom. The van der Waals surface area contributed by atoms with Crippen LogP contribution in [0.25, 0.3) is 0 Å². The number of hydrogen-bond donors (Lipinski definition) is 2. The Labute approximate surface area is 135 Å². The smallest absolute Gasteiger partial charge is 0.0656 e. The van der Waals surface area contributed by atoms with Crippen LogP contribution in [0.5, 0.6) is 0 Å². The van der Waals surface area contributed by atoms with E-state index in [-0.39, 0.29) is 6.61 Å². The van der Waals surface area contributed by atoms with Gasteiger partial charge in [-0.25, -0.2) is 0 Å². The molecule has 2 N–H and O–H groups in total. The Kier molecular flexibility index (Phi) is 4.06. The molecule has 0 aliphatic heterocycles. The van der Waals surface area contributed by atoms with Crippen LogP contribution in [0.2, 0.25) is 0 Å². The molecule has 0 heterocycles. The quantitative estimate of drug-likeness (QED) is 0.768. The van der Waals surface area contributed by atoms with E-state index in [1.807, 2.05) is 6.92 Å². The summed E-state index contributed by atoms with van der Waals surface area (Å²) in [6, 6.07) is 0. The van der Waals surface area contributed by atoms with Crippen LogP contribution in [0, 0.1) is 29.1 Å². The topological polar surface area (TPSA) is 40.5 Å². The van der Waals surface area contributed by atoms with Gasteiger partial charge in [0.15, 0.2) is 0 Å². The van der Waals surface area contributed by atoms with E-state index in [2.05, 4.69) is 26.5 Å². The van der Waals surface area contributed by atoms with Gasteiger partial charge in [-0.3, -0.25) is 0 Å². The predicted molar refractivity (Wildman–Crippen MR) is 90.4 cm³/mol. The molecule has 0 bridgehead atoms. The summed E-state index contributed by atoms with van der Waals surface area (Å²) in [5.74, 6) is 2.38. The van der Waals surface area contributed by atoms with Crippen molar-refractivity contribution in [3.8, 4) is 0 Å². The van der Waals surface area contributed by atoms with Crippen molar-refractivity contribution >= 4 is 0 Å². The lowest BCUT2D eigenvalue weighted by molar-refractivity contribution is -0.00230. The number of hydrogen-bond acceptors (Lipinski definition) is 2. The molecule has 2 heteroatoms. The van der Waals surface area contributed by atoms with Crippen molar-refractivity contribution in [3.63, 3.8) is 0 Å². The molecule has 0 spiro atoms. The minimum Gasteiger partial charge on any atom is -0.392 e. The van der Waals surface area contributed by atoms with E-state index in [0.717, 1.165) is 37.2 Å². The summed E-state index contributed by atoms with van der Waals surface area (Å²) in [6.45, 7) is 11.0. The fourth-order valence-electron chi connectivity index (χ4n) is 5.76. The Bertz CT molecular complexity index is 490. The predicted octanol–water partition coefficient (Wildman–Crippen LogP) is 4.08. The van der Waals surface area contributed by atoms with Gasteiger partial charge in [0.25, 0.3) is 0 Å². The number of aliphatic hydroxyl groups excluding tert-OH is 1. The fourth-order valence-corrected chi connectivity index (χ4v) is 5.76. The molecule has 6 atom stereocenters. The molecule has 2 nitrogen and oxygen atoms in total. The average molecular weight is 304 g/mol. The van der Waals surface area contributed by atoms with Gasteiger partial charge in [0.05, 0.1) is 12.2 Å². The molecule has 0 aromatic heterocycles. The summed E-state index contributed by atoms with van der Waals surface area (Å²) in [6.07, 6.45) is 8.89. The minimum absolute atomic E-state index is 0.169. The summed E-state index contributed by atoms with van der Waals surface area (Å²) < 4.78 is 0.